The van der Waals surface area contributed by atoms with Crippen molar-refractivity contribution in [3.63, 3.8) is 0 Å². The summed E-state index contributed by atoms with van der Waals surface area (Å²) in [5.41, 5.74) is -0.181. The summed E-state index contributed by atoms with van der Waals surface area (Å²) in [4.78, 5) is 46.6. The van der Waals surface area contributed by atoms with E-state index >= 15 is 0 Å². The lowest BCUT2D eigenvalue weighted by molar-refractivity contribution is -0.146. The Morgan fingerprint density at radius 3 is 2.00 bits per heavy atom. The van der Waals surface area contributed by atoms with Crippen LogP contribution in [0, 0.1) is 5.92 Å². The quantitative estimate of drug-likeness (QED) is 0.658. The van der Waals surface area contributed by atoms with Gasteiger partial charge >= 0.3 is 0 Å². The molecule has 0 bridgehead atoms. The van der Waals surface area contributed by atoms with Gasteiger partial charge in [0, 0.05) is 16.7 Å². The molecular weight excluding hydrogens is 360 g/mol. The summed E-state index contributed by atoms with van der Waals surface area (Å²) in [6, 6.07) is 17.4. The van der Waals surface area contributed by atoms with Crippen LogP contribution in [0.1, 0.15) is 11.1 Å². The molecule has 0 amide bonds. The molecule has 1 aliphatic rings. The molecule has 2 unspecified atom stereocenters. The molecule has 0 fully saturated rings. The number of allylic oxidation sites excluding steroid dienone is 2. The largest absolute Gasteiger partial charge is 0.450 e. The van der Waals surface area contributed by atoms with Crippen LogP contribution < -0.4 is 0 Å². The van der Waals surface area contributed by atoms with Crippen LogP contribution in [-0.4, -0.2) is 25.5 Å². The van der Waals surface area contributed by atoms with E-state index in [4.69, 9.17) is 9.47 Å². The molecule has 6 heteroatoms. The first-order valence-corrected chi connectivity index (χ1v) is 8.42. The third-order valence-electron chi connectivity index (χ3n) is 4.65. The van der Waals surface area contributed by atoms with Crippen molar-refractivity contribution >= 4 is 31.1 Å². The maximum atomic E-state index is 12.1. The zero-order valence-corrected chi connectivity index (χ0v) is 14.7. The molecule has 0 radical (unpaired) electrons. The van der Waals surface area contributed by atoms with Gasteiger partial charge in [-0.25, -0.2) is 0 Å². The molecule has 3 rings (SSSR count). The second-order valence-corrected chi connectivity index (χ2v) is 6.00. The van der Waals surface area contributed by atoms with Crippen LogP contribution in [0.25, 0.3) is 5.57 Å². The number of hydrogen-bond donors (Lipinski definition) is 0. The van der Waals surface area contributed by atoms with E-state index in [1.807, 2.05) is 0 Å². The minimum atomic E-state index is -1.69. The maximum Gasteiger partial charge on any atom is 0.298 e. The van der Waals surface area contributed by atoms with Crippen LogP contribution in [0.3, 0.4) is 0 Å². The lowest BCUT2D eigenvalue weighted by atomic mass is 9.68. The first kappa shape index (κ1) is 19.0. The van der Waals surface area contributed by atoms with Gasteiger partial charge in [-0.3, -0.25) is 14.4 Å². The van der Waals surface area contributed by atoms with Gasteiger partial charge in [-0.15, -0.1) is 0 Å². The lowest BCUT2D eigenvalue weighted by Gasteiger charge is -2.42. The topological polar surface area (TPSA) is 86.7 Å². The predicted molar refractivity (Wildman–Crippen MR) is 99.5 cm³/mol. The summed E-state index contributed by atoms with van der Waals surface area (Å²) in [6.45, 7) is 0.383. The summed E-state index contributed by atoms with van der Waals surface area (Å²) >= 11 is 0. The molecule has 2 aromatic rings. The molecule has 6 nitrogen and oxygen atoms in total. The average molecular weight is 376 g/mol. The molecule has 0 saturated heterocycles. The third kappa shape index (κ3) is 3.05. The van der Waals surface area contributed by atoms with Crippen molar-refractivity contribution in [2.45, 2.75) is 5.60 Å². The highest BCUT2D eigenvalue weighted by molar-refractivity contribution is 5.98. The van der Waals surface area contributed by atoms with Gasteiger partial charge in [0.05, 0.1) is 0 Å². The molecule has 28 heavy (non-hydrogen) atoms. The molecule has 0 aliphatic heterocycles. The van der Waals surface area contributed by atoms with Gasteiger partial charge < -0.3 is 14.3 Å². The number of aldehydes is 2. The Morgan fingerprint density at radius 1 is 0.821 bits per heavy atom. The molecular formula is C22H16O6. The fourth-order valence-corrected chi connectivity index (χ4v) is 3.58. The molecule has 0 N–H and O–H groups in total. The molecule has 0 spiro atoms. The Bertz CT molecular complexity index is 946. The van der Waals surface area contributed by atoms with Crippen molar-refractivity contribution in [3.8, 4) is 0 Å². The van der Waals surface area contributed by atoms with Gasteiger partial charge in [0.15, 0.2) is 11.9 Å². The highest BCUT2D eigenvalue weighted by Crippen LogP contribution is 2.51. The van der Waals surface area contributed by atoms with Gasteiger partial charge in [-0.1, -0.05) is 60.7 Å². The number of carbonyl (C=O) groups excluding carboxylic acids is 4. The van der Waals surface area contributed by atoms with Crippen LogP contribution in [0.5, 0.6) is 0 Å². The van der Waals surface area contributed by atoms with E-state index in [1.165, 1.54) is 6.08 Å². The maximum absolute atomic E-state index is 12.1. The van der Waals surface area contributed by atoms with E-state index in [-0.39, 0.29) is 24.3 Å². The normalized spacial score (nSPS) is 21.3. The van der Waals surface area contributed by atoms with E-state index in [9.17, 15) is 19.2 Å². The first-order chi connectivity index (χ1) is 13.7. The smallest absolute Gasteiger partial charge is 0.298 e. The van der Waals surface area contributed by atoms with Gasteiger partial charge in [-0.05, 0) is 11.6 Å². The van der Waals surface area contributed by atoms with Crippen LogP contribution in [-0.2, 0) is 34.3 Å². The van der Waals surface area contributed by atoms with Crippen LogP contribution in [0.15, 0.2) is 78.1 Å². The monoisotopic (exact) mass is 376 g/mol. The van der Waals surface area contributed by atoms with Crippen molar-refractivity contribution in [2.24, 2.45) is 5.92 Å². The summed E-state index contributed by atoms with van der Waals surface area (Å²) in [5, 5.41) is 0. The van der Waals surface area contributed by atoms with E-state index in [1.54, 1.807) is 60.7 Å². The number of carbonyl (C=O) groups is 4. The Balaban J connectivity index is 2.45. The zero-order chi connectivity index (χ0) is 20.0. The fourth-order valence-electron chi connectivity index (χ4n) is 3.58. The highest BCUT2D eigenvalue weighted by Gasteiger charge is 2.52. The van der Waals surface area contributed by atoms with E-state index in [2.05, 4.69) is 0 Å². The molecule has 140 valence electrons. The Kier molecular flexibility index (Phi) is 5.60. The van der Waals surface area contributed by atoms with Crippen molar-refractivity contribution in [1.29, 1.82) is 0 Å². The number of rotatable bonds is 8. The molecule has 0 aromatic heterocycles. The number of ether oxygens (including phenoxy) is 2. The Labute approximate surface area is 161 Å². The van der Waals surface area contributed by atoms with Crippen molar-refractivity contribution in [2.75, 3.05) is 0 Å². The highest BCUT2D eigenvalue weighted by atomic mass is 16.6. The van der Waals surface area contributed by atoms with Gasteiger partial charge in [0.2, 0.25) is 0 Å². The van der Waals surface area contributed by atoms with E-state index in [0.29, 0.717) is 29.3 Å². The average Bonchev–Trinajstić information content (AvgIpc) is 2.75. The number of hydrogen-bond acceptors (Lipinski definition) is 6. The molecule has 0 heterocycles. The van der Waals surface area contributed by atoms with E-state index < -0.39 is 11.5 Å². The SMILES string of the molecule is O=COC1=CC(C=O)=C(c2ccccc2)C(OC=O)(c2ccccc2)C1C=O. The van der Waals surface area contributed by atoms with Crippen LogP contribution in [0.4, 0.5) is 0 Å². The Morgan fingerprint density at radius 2 is 1.46 bits per heavy atom. The lowest BCUT2D eigenvalue weighted by Crippen LogP contribution is -2.44. The van der Waals surface area contributed by atoms with Gasteiger partial charge in [0.1, 0.15) is 18.0 Å². The minimum absolute atomic E-state index is 0.0857. The second kappa shape index (κ2) is 8.26. The third-order valence-corrected chi connectivity index (χ3v) is 4.65. The van der Waals surface area contributed by atoms with Crippen molar-refractivity contribution in [3.05, 3.63) is 89.2 Å². The van der Waals surface area contributed by atoms with Crippen molar-refractivity contribution < 1.29 is 28.7 Å². The van der Waals surface area contributed by atoms with Crippen LogP contribution in [0.2, 0.25) is 0 Å². The van der Waals surface area contributed by atoms with E-state index in [0.717, 1.165) is 0 Å². The standard InChI is InChI=1S/C22H16O6/c23-12-17-11-20(27-14-25)19(13-24)22(28-15-26,18-9-5-2-6-10-18)21(17)16-7-3-1-4-8-16/h1-15,19H. The van der Waals surface area contributed by atoms with Gasteiger partial charge in [-0.2, -0.15) is 0 Å². The fraction of sp³-hybridized carbons (Fsp3) is 0.0909. The predicted octanol–water partition coefficient (Wildman–Crippen LogP) is 2.59. The summed E-state index contributed by atoms with van der Waals surface area (Å²) in [5.74, 6) is -1.26. The number of benzene rings is 2. The molecule has 0 saturated carbocycles. The summed E-state index contributed by atoms with van der Waals surface area (Å²) in [6.07, 6.45) is 2.43. The Hall–Kier alpha value is -3.80. The van der Waals surface area contributed by atoms with Gasteiger partial charge in [0.25, 0.3) is 12.9 Å². The van der Waals surface area contributed by atoms with Crippen LogP contribution >= 0.6 is 0 Å². The summed E-state index contributed by atoms with van der Waals surface area (Å²) < 4.78 is 10.6. The second-order valence-electron chi connectivity index (χ2n) is 6.00. The first-order valence-electron chi connectivity index (χ1n) is 8.42. The molecule has 2 aromatic carbocycles. The van der Waals surface area contributed by atoms with Crippen molar-refractivity contribution in [1.82, 2.24) is 0 Å². The molecule has 2 atom stereocenters. The minimum Gasteiger partial charge on any atom is -0.450 e. The molecule has 1 aliphatic carbocycles. The summed E-state index contributed by atoms with van der Waals surface area (Å²) in [7, 11) is 0. The zero-order valence-electron chi connectivity index (χ0n) is 14.7.